The molecule has 4 rings (SSSR count). The maximum Gasteiger partial charge on any atom is 0.279 e. The number of fused-ring (bicyclic) bond motifs is 1. The van der Waals surface area contributed by atoms with E-state index in [9.17, 15) is 4.79 Å². The van der Waals surface area contributed by atoms with Crippen molar-refractivity contribution in [2.75, 3.05) is 5.32 Å². The highest BCUT2D eigenvalue weighted by molar-refractivity contribution is 9.10. The lowest BCUT2D eigenvalue weighted by Gasteiger charge is -2.33. The standard InChI is InChI=1S/C22H24BrClN4O2/c1-22(2,3)14-6-9-18-16(10-14)19(27-30-18)21(29)25-20-17(23)12-28(26-20)11-13-4-7-15(24)8-5-13/h4-5,7-8,12,14H,6,9-11H2,1-3H3,(H,25,26,29). The minimum absolute atomic E-state index is 0.173. The Kier molecular flexibility index (Phi) is 5.77. The molecule has 1 N–H and O–H groups in total. The van der Waals surface area contributed by atoms with Crippen LogP contribution in [0.2, 0.25) is 5.02 Å². The van der Waals surface area contributed by atoms with Gasteiger partial charge in [0.05, 0.1) is 11.0 Å². The smallest absolute Gasteiger partial charge is 0.279 e. The van der Waals surface area contributed by atoms with E-state index in [0.29, 0.717) is 33.5 Å². The SMILES string of the molecule is CC(C)(C)C1CCc2onc(C(=O)Nc3nn(Cc4ccc(Cl)cc4)cc3Br)c2C1. The van der Waals surface area contributed by atoms with E-state index in [1.807, 2.05) is 30.5 Å². The average Bonchev–Trinajstić information content (AvgIpc) is 3.26. The van der Waals surface area contributed by atoms with Crippen molar-refractivity contribution in [3.63, 3.8) is 0 Å². The van der Waals surface area contributed by atoms with E-state index in [1.165, 1.54) is 0 Å². The van der Waals surface area contributed by atoms with E-state index in [2.05, 4.69) is 52.3 Å². The Labute approximate surface area is 189 Å². The maximum atomic E-state index is 12.9. The van der Waals surface area contributed by atoms with Gasteiger partial charge < -0.3 is 9.84 Å². The fraction of sp³-hybridized carbons (Fsp3) is 0.409. The number of aromatic nitrogens is 3. The zero-order valence-corrected chi connectivity index (χ0v) is 19.5. The Morgan fingerprint density at radius 1 is 1.33 bits per heavy atom. The molecule has 0 saturated carbocycles. The fourth-order valence-electron chi connectivity index (χ4n) is 3.83. The fourth-order valence-corrected chi connectivity index (χ4v) is 4.37. The van der Waals surface area contributed by atoms with Gasteiger partial charge in [0.2, 0.25) is 0 Å². The lowest BCUT2D eigenvalue weighted by atomic mass is 9.71. The Hall–Kier alpha value is -2.12. The van der Waals surface area contributed by atoms with E-state index >= 15 is 0 Å². The lowest BCUT2D eigenvalue weighted by Crippen LogP contribution is -2.27. The summed E-state index contributed by atoms with van der Waals surface area (Å²) in [7, 11) is 0. The highest BCUT2D eigenvalue weighted by Gasteiger charge is 2.34. The molecule has 30 heavy (non-hydrogen) atoms. The van der Waals surface area contributed by atoms with E-state index in [0.717, 1.165) is 36.1 Å². The molecule has 2 heterocycles. The van der Waals surface area contributed by atoms with Crippen molar-refractivity contribution < 1.29 is 9.32 Å². The van der Waals surface area contributed by atoms with Crippen molar-refractivity contribution >= 4 is 39.3 Å². The van der Waals surface area contributed by atoms with Crippen LogP contribution in [-0.2, 0) is 19.4 Å². The number of nitrogens with zero attached hydrogens (tertiary/aromatic N) is 3. The second-order valence-electron chi connectivity index (χ2n) is 8.84. The van der Waals surface area contributed by atoms with Crippen molar-refractivity contribution in [3.8, 4) is 0 Å². The number of benzene rings is 1. The van der Waals surface area contributed by atoms with Crippen LogP contribution in [0.1, 0.15) is 54.6 Å². The molecule has 0 aliphatic heterocycles. The number of hydrogen-bond acceptors (Lipinski definition) is 4. The van der Waals surface area contributed by atoms with Crippen molar-refractivity contribution in [3.05, 3.63) is 62.5 Å². The first kappa shape index (κ1) is 21.1. The van der Waals surface area contributed by atoms with Gasteiger partial charge in [-0.25, -0.2) is 0 Å². The summed E-state index contributed by atoms with van der Waals surface area (Å²) >= 11 is 9.42. The van der Waals surface area contributed by atoms with Crippen molar-refractivity contribution in [2.45, 2.75) is 46.6 Å². The molecule has 3 aromatic rings. The molecule has 8 heteroatoms. The third-order valence-electron chi connectivity index (χ3n) is 5.69. The number of rotatable bonds is 4. The molecule has 158 valence electrons. The minimum atomic E-state index is -0.299. The van der Waals surface area contributed by atoms with Crippen LogP contribution in [0.3, 0.4) is 0 Å². The van der Waals surface area contributed by atoms with Gasteiger partial charge in [0, 0.05) is 23.2 Å². The Morgan fingerprint density at radius 3 is 2.77 bits per heavy atom. The predicted molar refractivity (Wildman–Crippen MR) is 120 cm³/mol. The molecule has 0 bridgehead atoms. The normalized spacial score (nSPS) is 16.4. The van der Waals surface area contributed by atoms with E-state index in [-0.39, 0.29) is 11.3 Å². The zero-order valence-electron chi connectivity index (χ0n) is 17.2. The Bertz CT molecular complexity index is 1070. The van der Waals surface area contributed by atoms with E-state index < -0.39 is 0 Å². The summed E-state index contributed by atoms with van der Waals surface area (Å²) in [5.41, 5.74) is 2.52. The quantitative estimate of drug-likeness (QED) is 0.505. The molecule has 1 unspecified atom stereocenters. The summed E-state index contributed by atoms with van der Waals surface area (Å²) in [6, 6.07) is 7.58. The van der Waals surface area contributed by atoms with Gasteiger partial charge in [-0.2, -0.15) is 5.10 Å². The largest absolute Gasteiger partial charge is 0.360 e. The lowest BCUT2D eigenvalue weighted by molar-refractivity contribution is 0.101. The van der Waals surface area contributed by atoms with Gasteiger partial charge in [0.25, 0.3) is 5.91 Å². The number of carbonyl (C=O) groups excluding carboxylic acids is 1. The van der Waals surface area contributed by atoms with Crippen LogP contribution < -0.4 is 5.32 Å². The highest BCUT2D eigenvalue weighted by atomic mass is 79.9. The molecule has 1 amide bonds. The molecule has 0 radical (unpaired) electrons. The number of amides is 1. The third kappa shape index (κ3) is 4.47. The molecule has 2 aromatic heterocycles. The number of nitrogens with one attached hydrogen (secondary N) is 1. The monoisotopic (exact) mass is 490 g/mol. The molecule has 0 spiro atoms. The highest BCUT2D eigenvalue weighted by Crippen LogP contribution is 2.38. The first-order valence-corrected chi connectivity index (χ1v) is 11.1. The number of carbonyl (C=O) groups is 1. The summed E-state index contributed by atoms with van der Waals surface area (Å²) < 4.78 is 7.94. The second kappa shape index (κ2) is 8.19. The number of aryl methyl sites for hydroxylation is 1. The Balaban J connectivity index is 1.50. The molecule has 6 nitrogen and oxygen atoms in total. The van der Waals surface area contributed by atoms with Gasteiger partial charge in [-0.05, 0) is 57.8 Å². The third-order valence-corrected chi connectivity index (χ3v) is 6.52. The topological polar surface area (TPSA) is 73.0 Å². The first-order valence-electron chi connectivity index (χ1n) is 9.97. The summed E-state index contributed by atoms with van der Waals surface area (Å²) in [5.74, 6) is 1.47. The van der Waals surface area contributed by atoms with Gasteiger partial charge in [-0.1, -0.05) is 49.7 Å². The Morgan fingerprint density at radius 2 is 2.07 bits per heavy atom. The van der Waals surface area contributed by atoms with Crippen LogP contribution >= 0.6 is 27.5 Å². The van der Waals surface area contributed by atoms with Crippen LogP contribution in [0.5, 0.6) is 0 Å². The molecule has 1 aliphatic carbocycles. The van der Waals surface area contributed by atoms with Crippen molar-refractivity contribution in [2.24, 2.45) is 11.3 Å². The summed E-state index contributed by atoms with van der Waals surface area (Å²) in [4.78, 5) is 12.9. The summed E-state index contributed by atoms with van der Waals surface area (Å²) in [6.07, 6.45) is 4.50. The second-order valence-corrected chi connectivity index (χ2v) is 10.1. The van der Waals surface area contributed by atoms with E-state index in [1.54, 1.807) is 4.68 Å². The maximum absolute atomic E-state index is 12.9. The van der Waals surface area contributed by atoms with Gasteiger partial charge in [0.1, 0.15) is 5.76 Å². The van der Waals surface area contributed by atoms with Crippen LogP contribution in [0.4, 0.5) is 5.82 Å². The van der Waals surface area contributed by atoms with Gasteiger partial charge in [0.15, 0.2) is 11.5 Å². The van der Waals surface area contributed by atoms with Gasteiger partial charge in [-0.15, -0.1) is 0 Å². The molecule has 0 saturated heterocycles. The number of hydrogen-bond donors (Lipinski definition) is 1. The van der Waals surface area contributed by atoms with Crippen LogP contribution in [0.15, 0.2) is 39.5 Å². The van der Waals surface area contributed by atoms with Crippen molar-refractivity contribution in [1.29, 1.82) is 0 Å². The molecular formula is C22H24BrClN4O2. The number of anilines is 1. The molecule has 1 atom stereocenters. The molecular weight excluding hydrogens is 468 g/mol. The van der Waals surface area contributed by atoms with Crippen LogP contribution in [0, 0.1) is 11.3 Å². The van der Waals surface area contributed by atoms with Gasteiger partial charge in [-0.3, -0.25) is 9.48 Å². The zero-order chi connectivity index (χ0) is 21.5. The average molecular weight is 492 g/mol. The molecule has 1 aliphatic rings. The van der Waals surface area contributed by atoms with E-state index in [4.69, 9.17) is 16.1 Å². The first-order chi connectivity index (χ1) is 14.2. The minimum Gasteiger partial charge on any atom is -0.360 e. The van der Waals surface area contributed by atoms with Gasteiger partial charge >= 0.3 is 0 Å². The van der Waals surface area contributed by atoms with Crippen LogP contribution in [-0.4, -0.2) is 20.8 Å². The molecule has 1 aromatic carbocycles. The molecule has 0 fully saturated rings. The van der Waals surface area contributed by atoms with Crippen LogP contribution in [0.25, 0.3) is 0 Å². The summed E-state index contributed by atoms with van der Waals surface area (Å²) in [6.45, 7) is 7.28. The summed E-state index contributed by atoms with van der Waals surface area (Å²) in [5, 5.41) is 12.1. The predicted octanol–water partition coefficient (Wildman–Crippen LogP) is 5.74. The van der Waals surface area contributed by atoms with Crippen molar-refractivity contribution in [1.82, 2.24) is 14.9 Å². The number of halogens is 2.